The molecule has 0 aliphatic heterocycles. The zero-order valence-electron chi connectivity index (χ0n) is 23.3. The van der Waals surface area contributed by atoms with Crippen molar-refractivity contribution < 1.29 is 0 Å². The molecule has 0 radical (unpaired) electrons. The van der Waals surface area contributed by atoms with Crippen LogP contribution in [0.4, 0.5) is 0 Å². The van der Waals surface area contributed by atoms with Crippen LogP contribution in [-0.4, -0.2) is 9.55 Å². The summed E-state index contributed by atoms with van der Waals surface area (Å²) in [4.78, 5) is 4.82. The quantitative estimate of drug-likeness (QED) is 0.140. The molecule has 1 unspecified atom stereocenters. The molecule has 1 rings (SSSR count). The van der Waals surface area contributed by atoms with Crippen molar-refractivity contribution >= 4 is 0 Å². The van der Waals surface area contributed by atoms with Gasteiger partial charge in [-0.25, -0.2) is 4.98 Å². The summed E-state index contributed by atoms with van der Waals surface area (Å²) >= 11 is 0. The van der Waals surface area contributed by atoms with Gasteiger partial charge in [-0.1, -0.05) is 142 Å². The van der Waals surface area contributed by atoms with Crippen LogP contribution >= 0.6 is 0 Å². The first kappa shape index (κ1) is 30.2. The van der Waals surface area contributed by atoms with Crippen LogP contribution in [0, 0.1) is 0 Å². The summed E-state index contributed by atoms with van der Waals surface area (Å²) in [5.41, 5.74) is 0. The van der Waals surface area contributed by atoms with Crippen LogP contribution in [0.2, 0.25) is 0 Å². The van der Waals surface area contributed by atoms with Gasteiger partial charge in [0.15, 0.2) is 0 Å². The summed E-state index contributed by atoms with van der Waals surface area (Å²) in [6.45, 7) is 9.19. The molecule has 1 aromatic rings. The van der Waals surface area contributed by atoms with Crippen LogP contribution in [0.25, 0.3) is 0 Å². The van der Waals surface area contributed by atoms with Gasteiger partial charge in [-0.05, 0) is 26.7 Å². The maximum Gasteiger partial charge on any atom is 0.111 e. The van der Waals surface area contributed by atoms with Crippen molar-refractivity contribution in [2.75, 3.05) is 0 Å². The summed E-state index contributed by atoms with van der Waals surface area (Å²) in [6.07, 6.45) is 35.4. The Morgan fingerprint density at radius 1 is 0.576 bits per heavy atom. The largest absolute Gasteiger partial charge is 0.332 e. The normalized spacial score (nSPS) is 12.6. The van der Waals surface area contributed by atoms with E-state index >= 15 is 0 Å². The minimum absolute atomic E-state index is 0.519. The van der Waals surface area contributed by atoms with Gasteiger partial charge in [0.2, 0.25) is 0 Å². The van der Waals surface area contributed by atoms with E-state index in [9.17, 15) is 0 Å². The highest BCUT2D eigenvalue weighted by Crippen LogP contribution is 2.29. The van der Waals surface area contributed by atoms with Gasteiger partial charge in [-0.2, -0.15) is 0 Å². The minimum atomic E-state index is 0.519. The van der Waals surface area contributed by atoms with Crippen molar-refractivity contribution in [3.8, 4) is 0 Å². The molecule has 2 heteroatoms. The van der Waals surface area contributed by atoms with Gasteiger partial charge in [-0.15, -0.1) is 0 Å². The molecule has 0 N–H and O–H groups in total. The Labute approximate surface area is 208 Å². The lowest BCUT2D eigenvalue weighted by atomic mass is 9.93. The van der Waals surface area contributed by atoms with Crippen molar-refractivity contribution in [3.05, 3.63) is 18.2 Å². The van der Waals surface area contributed by atoms with Gasteiger partial charge in [0.25, 0.3) is 0 Å². The Morgan fingerprint density at radius 2 is 0.939 bits per heavy atom. The van der Waals surface area contributed by atoms with Crippen molar-refractivity contribution in [2.24, 2.45) is 0 Å². The maximum atomic E-state index is 4.82. The topological polar surface area (TPSA) is 17.8 Å². The predicted molar refractivity (Wildman–Crippen MR) is 148 cm³/mol. The third-order valence-corrected chi connectivity index (χ3v) is 7.43. The lowest BCUT2D eigenvalue weighted by Crippen LogP contribution is -2.11. The molecule has 33 heavy (non-hydrogen) atoms. The second-order valence-corrected chi connectivity index (χ2v) is 10.9. The SMILES string of the molecule is CCCCCCCCCCCCCCC(CCCCCCCCCC)c1nccn1C(C)C. The average molecular weight is 461 g/mol. The Hall–Kier alpha value is -0.790. The fraction of sp³-hybridized carbons (Fsp3) is 0.903. The van der Waals surface area contributed by atoms with E-state index < -0.39 is 0 Å². The first-order chi connectivity index (χ1) is 16.2. The zero-order chi connectivity index (χ0) is 24.0. The molecule has 0 bridgehead atoms. The molecular formula is C31H60N2. The van der Waals surface area contributed by atoms with Gasteiger partial charge >= 0.3 is 0 Å². The summed E-state index contributed by atoms with van der Waals surface area (Å²) in [5, 5.41) is 0. The second kappa shape index (κ2) is 21.7. The molecule has 1 heterocycles. The first-order valence-electron chi connectivity index (χ1n) is 15.2. The number of hydrogen-bond acceptors (Lipinski definition) is 1. The summed E-state index contributed by atoms with van der Waals surface area (Å²) in [7, 11) is 0. The van der Waals surface area contributed by atoms with Crippen LogP contribution in [0.5, 0.6) is 0 Å². The van der Waals surface area contributed by atoms with E-state index in [-0.39, 0.29) is 0 Å². The van der Waals surface area contributed by atoms with E-state index in [1.165, 1.54) is 147 Å². The van der Waals surface area contributed by atoms with E-state index in [2.05, 4.69) is 38.5 Å². The Balaban J connectivity index is 2.22. The highest BCUT2D eigenvalue weighted by atomic mass is 15.1. The van der Waals surface area contributed by atoms with Crippen molar-refractivity contribution in [2.45, 2.75) is 181 Å². The Morgan fingerprint density at radius 3 is 1.30 bits per heavy atom. The van der Waals surface area contributed by atoms with E-state index in [1.807, 2.05) is 6.20 Å². The van der Waals surface area contributed by atoms with Crippen LogP contribution in [0.15, 0.2) is 12.4 Å². The van der Waals surface area contributed by atoms with Gasteiger partial charge in [0.05, 0.1) is 0 Å². The van der Waals surface area contributed by atoms with Gasteiger partial charge in [0.1, 0.15) is 5.82 Å². The molecular weight excluding hydrogens is 400 g/mol. The molecule has 0 fully saturated rings. The zero-order valence-corrected chi connectivity index (χ0v) is 23.3. The number of nitrogens with zero attached hydrogens (tertiary/aromatic N) is 2. The summed E-state index contributed by atoms with van der Waals surface area (Å²) in [5.74, 6) is 2.02. The molecule has 0 aliphatic carbocycles. The van der Waals surface area contributed by atoms with Crippen LogP contribution in [0.1, 0.15) is 187 Å². The fourth-order valence-corrected chi connectivity index (χ4v) is 5.24. The maximum absolute atomic E-state index is 4.82. The molecule has 0 saturated carbocycles. The number of imidazole rings is 1. The lowest BCUT2D eigenvalue weighted by molar-refractivity contribution is 0.441. The fourth-order valence-electron chi connectivity index (χ4n) is 5.24. The highest BCUT2D eigenvalue weighted by molar-refractivity contribution is 5.02. The van der Waals surface area contributed by atoms with Crippen molar-refractivity contribution in [1.82, 2.24) is 9.55 Å². The first-order valence-corrected chi connectivity index (χ1v) is 15.2. The molecule has 0 spiro atoms. The number of hydrogen-bond donors (Lipinski definition) is 0. The summed E-state index contributed by atoms with van der Waals surface area (Å²) in [6, 6.07) is 0.519. The molecule has 194 valence electrons. The van der Waals surface area contributed by atoms with Gasteiger partial charge in [-0.3, -0.25) is 0 Å². The highest BCUT2D eigenvalue weighted by Gasteiger charge is 2.18. The van der Waals surface area contributed by atoms with E-state index in [0.29, 0.717) is 12.0 Å². The average Bonchev–Trinajstić information content (AvgIpc) is 3.30. The number of aromatic nitrogens is 2. The molecule has 2 nitrogen and oxygen atoms in total. The Kier molecular flexibility index (Phi) is 19.9. The van der Waals surface area contributed by atoms with Gasteiger partial charge in [0, 0.05) is 24.4 Å². The number of unbranched alkanes of at least 4 members (excludes halogenated alkanes) is 18. The minimum Gasteiger partial charge on any atom is -0.332 e. The Bertz CT molecular complexity index is 519. The second-order valence-electron chi connectivity index (χ2n) is 10.9. The van der Waals surface area contributed by atoms with E-state index in [0.717, 1.165) is 0 Å². The molecule has 0 aliphatic rings. The monoisotopic (exact) mass is 460 g/mol. The molecule has 0 aromatic carbocycles. The standard InChI is InChI=1S/C31H60N2/c1-5-7-9-11-13-15-16-17-18-20-22-24-26-30(31-32-27-28-33(31)29(3)4)25-23-21-19-14-12-10-8-6-2/h27-30H,5-26H2,1-4H3. The number of rotatable bonds is 24. The third-order valence-electron chi connectivity index (χ3n) is 7.43. The lowest BCUT2D eigenvalue weighted by Gasteiger charge is -2.20. The predicted octanol–water partition coefficient (Wildman–Crippen LogP) is 11.2. The molecule has 0 saturated heterocycles. The van der Waals surface area contributed by atoms with E-state index in [4.69, 9.17) is 4.98 Å². The molecule has 0 amide bonds. The van der Waals surface area contributed by atoms with Crippen LogP contribution in [-0.2, 0) is 0 Å². The summed E-state index contributed by atoms with van der Waals surface area (Å²) < 4.78 is 2.43. The smallest absolute Gasteiger partial charge is 0.111 e. The third kappa shape index (κ3) is 15.7. The van der Waals surface area contributed by atoms with Crippen LogP contribution in [0.3, 0.4) is 0 Å². The van der Waals surface area contributed by atoms with Gasteiger partial charge < -0.3 is 4.57 Å². The van der Waals surface area contributed by atoms with Crippen LogP contribution < -0.4 is 0 Å². The van der Waals surface area contributed by atoms with Crippen molar-refractivity contribution in [1.29, 1.82) is 0 Å². The molecule has 1 aromatic heterocycles. The molecule has 1 atom stereocenters. The van der Waals surface area contributed by atoms with E-state index in [1.54, 1.807) is 0 Å². The van der Waals surface area contributed by atoms with Crippen molar-refractivity contribution in [3.63, 3.8) is 0 Å².